The van der Waals surface area contributed by atoms with Gasteiger partial charge < -0.3 is 15.4 Å². The van der Waals surface area contributed by atoms with Gasteiger partial charge in [0.05, 0.1) is 18.3 Å². The third kappa shape index (κ3) is 5.17. The number of aliphatic hydroxyl groups is 1. The molecule has 1 saturated heterocycles. The molecule has 0 spiro atoms. The Morgan fingerprint density at radius 2 is 1.89 bits per heavy atom. The van der Waals surface area contributed by atoms with E-state index < -0.39 is 42.9 Å². The molecule has 1 aliphatic heterocycles. The first-order chi connectivity index (χ1) is 11.9. The molecule has 9 nitrogen and oxygen atoms in total. The third-order valence-corrected chi connectivity index (χ3v) is 7.02. The second-order valence-corrected chi connectivity index (χ2v) is 9.81. The number of nitrogens with two attached hydrogens (primary N) is 1. The third-order valence-electron chi connectivity index (χ3n) is 4.47. The van der Waals surface area contributed by atoms with Gasteiger partial charge in [-0.15, -0.1) is 0 Å². The molecule has 3 N–H and O–H groups in total. The molecule has 0 bridgehead atoms. The van der Waals surface area contributed by atoms with Gasteiger partial charge in [-0.25, -0.2) is 16.8 Å². The number of ketones is 1. The molecule has 3 atom stereocenters. The second kappa shape index (κ2) is 8.97. The van der Waals surface area contributed by atoms with Crippen LogP contribution in [0.25, 0.3) is 0 Å². The summed E-state index contributed by atoms with van der Waals surface area (Å²) in [6.45, 7) is -0.00184. The maximum atomic E-state index is 12.8. The minimum atomic E-state index is -5.58. The maximum Gasteiger partial charge on any atom is 1.00 e. The summed E-state index contributed by atoms with van der Waals surface area (Å²) in [6.07, 6.45) is 0.914. The molecule has 1 heterocycles. The van der Waals surface area contributed by atoms with E-state index in [9.17, 15) is 31.3 Å². The Labute approximate surface area is 181 Å². The van der Waals surface area contributed by atoms with Crippen molar-refractivity contribution in [1.82, 2.24) is 4.31 Å². The van der Waals surface area contributed by atoms with Crippen LogP contribution in [0, 0.1) is 0 Å². The Kier molecular flexibility index (Phi) is 8.20. The number of hydrogen-bond acceptors (Lipinski definition) is 8. The molecule has 0 radical (unpaired) electrons. The fourth-order valence-electron chi connectivity index (χ4n) is 3.14. The number of nitrogens with zero attached hydrogens (tertiary/aromatic N) is 1. The Balaban J connectivity index is 0.00000364. The average Bonchev–Trinajstić information content (AvgIpc) is 3.03. The molecule has 1 aliphatic rings. The van der Waals surface area contributed by atoms with Crippen molar-refractivity contribution in [3.05, 3.63) is 35.9 Å². The van der Waals surface area contributed by atoms with Crippen LogP contribution < -0.4 is 35.3 Å². The summed E-state index contributed by atoms with van der Waals surface area (Å²) >= 11 is 0. The molecule has 0 aliphatic carbocycles. The molecule has 0 aromatic heterocycles. The number of carbonyl (C=O) groups is 1. The van der Waals surface area contributed by atoms with Crippen LogP contribution in [0.1, 0.15) is 18.4 Å². The predicted octanol–water partition coefficient (Wildman–Crippen LogP) is -4.21. The van der Waals surface area contributed by atoms with Crippen LogP contribution in [-0.4, -0.2) is 66.4 Å². The number of rotatable bonds is 7. The van der Waals surface area contributed by atoms with E-state index in [1.54, 1.807) is 30.3 Å². The van der Waals surface area contributed by atoms with Crippen molar-refractivity contribution in [3.63, 3.8) is 0 Å². The van der Waals surface area contributed by atoms with E-state index in [0.717, 1.165) is 10.6 Å². The second-order valence-electron chi connectivity index (χ2n) is 6.34. The van der Waals surface area contributed by atoms with Gasteiger partial charge in [-0.05, 0) is 24.8 Å². The largest absolute Gasteiger partial charge is 1.00 e. The fraction of sp³-hybridized carbons (Fsp3) is 0.533. The van der Waals surface area contributed by atoms with E-state index in [-0.39, 0.29) is 48.9 Å². The normalized spacial score (nSPS) is 21.9. The van der Waals surface area contributed by atoms with E-state index in [4.69, 9.17) is 5.73 Å². The molecule has 12 heteroatoms. The molecular weight excluding hydrogens is 407 g/mol. The van der Waals surface area contributed by atoms with E-state index in [2.05, 4.69) is 0 Å². The Morgan fingerprint density at radius 3 is 2.37 bits per heavy atom. The SMILES string of the molecule is CS(=O)(=O)N1CCC[C@H]1C(=O)C(O)(C(N)Cc1ccccc1)S(=O)(=O)[O-].[Na+]. The molecule has 1 aromatic carbocycles. The number of hydrogen-bond donors (Lipinski definition) is 2. The molecule has 0 amide bonds. The van der Waals surface area contributed by atoms with Gasteiger partial charge in [0.15, 0.2) is 5.78 Å². The van der Waals surface area contributed by atoms with E-state index >= 15 is 0 Å². The quantitative estimate of drug-likeness (QED) is 0.327. The van der Waals surface area contributed by atoms with Gasteiger partial charge in [0.2, 0.25) is 15.0 Å². The van der Waals surface area contributed by atoms with Crippen LogP contribution in [0.4, 0.5) is 0 Å². The van der Waals surface area contributed by atoms with E-state index in [1.165, 1.54) is 0 Å². The van der Waals surface area contributed by atoms with Gasteiger partial charge in [-0.3, -0.25) is 4.79 Å². The van der Waals surface area contributed by atoms with Crippen molar-refractivity contribution < 1.29 is 60.8 Å². The van der Waals surface area contributed by atoms with Crippen molar-refractivity contribution in [2.24, 2.45) is 5.73 Å². The molecule has 27 heavy (non-hydrogen) atoms. The van der Waals surface area contributed by atoms with Gasteiger partial charge in [-0.1, -0.05) is 30.3 Å². The fourth-order valence-corrected chi connectivity index (χ4v) is 5.10. The maximum absolute atomic E-state index is 12.8. The predicted molar refractivity (Wildman–Crippen MR) is 92.3 cm³/mol. The molecular formula is C15H21N2NaO7S2. The first-order valence-electron chi connectivity index (χ1n) is 7.87. The Bertz CT molecular complexity index is 877. The average molecular weight is 428 g/mol. The van der Waals surface area contributed by atoms with Crippen molar-refractivity contribution in [2.75, 3.05) is 12.8 Å². The Morgan fingerprint density at radius 1 is 1.33 bits per heavy atom. The summed E-state index contributed by atoms with van der Waals surface area (Å²) in [6, 6.07) is 5.01. The van der Waals surface area contributed by atoms with Crippen LogP contribution in [0.15, 0.2) is 30.3 Å². The molecule has 2 unspecified atom stereocenters. The minimum Gasteiger partial charge on any atom is -0.745 e. The van der Waals surface area contributed by atoms with E-state index in [0.29, 0.717) is 12.0 Å². The van der Waals surface area contributed by atoms with E-state index in [1.807, 2.05) is 0 Å². The standard InChI is InChI=1S/C15H22N2O7S2.Na/c1-25(20,21)17-9-5-8-12(17)14(18)15(19,26(22,23)24)13(16)10-11-6-3-2-4-7-11;/h2-4,6-7,12-13,19H,5,8-10,16H2,1H3,(H,22,23,24);/q;+1/p-1/t12-,13?,15?;/m0./s1. The van der Waals surface area contributed by atoms with Gasteiger partial charge in [0.1, 0.15) is 10.1 Å². The monoisotopic (exact) mass is 428 g/mol. The number of carbonyl (C=O) groups excluding carboxylic acids is 1. The first-order valence-corrected chi connectivity index (χ1v) is 11.1. The topological polar surface area (TPSA) is 158 Å². The van der Waals surface area contributed by atoms with Crippen LogP contribution in [-0.2, 0) is 31.4 Å². The summed E-state index contributed by atoms with van der Waals surface area (Å²) in [4.78, 5) is 9.36. The van der Waals surface area contributed by atoms with Crippen molar-refractivity contribution in [1.29, 1.82) is 0 Å². The van der Waals surface area contributed by atoms with Crippen LogP contribution >= 0.6 is 0 Å². The summed E-state index contributed by atoms with van der Waals surface area (Å²) in [5.74, 6) is -1.40. The van der Waals surface area contributed by atoms with Gasteiger partial charge >= 0.3 is 29.6 Å². The first kappa shape index (κ1) is 24.7. The zero-order valence-corrected chi connectivity index (χ0v) is 18.7. The molecule has 0 saturated carbocycles. The molecule has 1 fully saturated rings. The zero-order chi connectivity index (χ0) is 19.8. The minimum absolute atomic E-state index is 0. The summed E-state index contributed by atoms with van der Waals surface area (Å²) in [5, 5.41) is 10.6. The summed E-state index contributed by atoms with van der Waals surface area (Å²) < 4.78 is 59.7. The van der Waals surface area contributed by atoms with Crippen molar-refractivity contribution in [2.45, 2.75) is 36.3 Å². The summed E-state index contributed by atoms with van der Waals surface area (Å²) in [7, 11) is -9.40. The Hall–Kier alpha value is -0.370. The molecule has 146 valence electrons. The number of Topliss-reactive ketones (excluding diaryl/α,β-unsaturated/α-hetero) is 1. The van der Waals surface area contributed by atoms with Crippen molar-refractivity contribution >= 4 is 25.9 Å². The van der Waals surface area contributed by atoms with Crippen LogP contribution in [0.2, 0.25) is 0 Å². The molecule has 2 rings (SSSR count). The molecule has 1 aromatic rings. The van der Waals surface area contributed by atoms with Gasteiger partial charge in [0, 0.05) is 6.54 Å². The zero-order valence-electron chi connectivity index (χ0n) is 15.1. The van der Waals surface area contributed by atoms with Crippen molar-refractivity contribution in [3.8, 4) is 0 Å². The summed E-state index contributed by atoms with van der Waals surface area (Å²) in [5.41, 5.74) is 6.29. The number of sulfonamides is 1. The van der Waals surface area contributed by atoms with Crippen LogP contribution in [0.3, 0.4) is 0 Å². The van der Waals surface area contributed by atoms with Gasteiger partial charge in [0.25, 0.3) is 0 Å². The van der Waals surface area contributed by atoms with Crippen LogP contribution in [0.5, 0.6) is 0 Å². The smallest absolute Gasteiger partial charge is 0.745 e. The van der Waals surface area contributed by atoms with Gasteiger partial charge in [-0.2, -0.15) is 4.31 Å². The number of benzene rings is 1.